The van der Waals surface area contributed by atoms with Crippen molar-refractivity contribution < 1.29 is 9.32 Å². The van der Waals surface area contributed by atoms with Gasteiger partial charge in [-0.3, -0.25) is 4.79 Å². The Morgan fingerprint density at radius 2 is 1.85 bits per heavy atom. The molecule has 0 bridgehead atoms. The molecule has 0 aliphatic carbocycles. The third kappa shape index (κ3) is 2.74. The molecule has 2 rings (SSSR count). The van der Waals surface area contributed by atoms with Gasteiger partial charge in [-0.25, -0.2) is 0 Å². The van der Waals surface area contributed by atoms with Gasteiger partial charge >= 0.3 is 0 Å². The summed E-state index contributed by atoms with van der Waals surface area (Å²) in [6.45, 7) is 4.10. The van der Waals surface area contributed by atoms with Crippen molar-refractivity contribution >= 4 is 17.3 Å². The summed E-state index contributed by atoms with van der Waals surface area (Å²) in [5.74, 6) is 0.568. The molecule has 0 atom stereocenters. The molecule has 1 heterocycles. The largest absolute Gasteiger partial charge is 0.399 e. The summed E-state index contributed by atoms with van der Waals surface area (Å²) < 4.78 is 5.09. The lowest BCUT2D eigenvalue weighted by molar-refractivity contribution is 0.0784. The van der Waals surface area contributed by atoms with Gasteiger partial charge in [0.1, 0.15) is 5.76 Å². The standard InChI is InChI=1S/C14H18N4O2/c1-8-13(9(2)20-17-8)7-18(3)14(19)10-4-11(15)6-12(16)5-10/h4-6H,7,15-16H2,1-3H3. The highest BCUT2D eigenvalue weighted by Crippen LogP contribution is 2.18. The SMILES string of the molecule is Cc1noc(C)c1CN(C)C(=O)c1cc(N)cc(N)c1. The van der Waals surface area contributed by atoms with E-state index in [-0.39, 0.29) is 5.91 Å². The molecule has 4 N–H and O–H groups in total. The summed E-state index contributed by atoms with van der Waals surface area (Å²) >= 11 is 0. The van der Waals surface area contributed by atoms with Gasteiger partial charge in [-0.1, -0.05) is 5.16 Å². The van der Waals surface area contributed by atoms with Crippen molar-refractivity contribution in [2.45, 2.75) is 20.4 Å². The van der Waals surface area contributed by atoms with Crippen molar-refractivity contribution in [2.24, 2.45) is 0 Å². The predicted octanol–water partition coefficient (Wildman–Crippen LogP) is 1.73. The molecule has 0 unspecified atom stereocenters. The van der Waals surface area contributed by atoms with E-state index in [0.29, 0.717) is 29.2 Å². The van der Waals surface area contributed by atoms with Crippen LogP contribution in [0.15, 0.2) is 22.7 Å². The van der Waals surface area contributed by atoms with Crippen LogP contribution in [0, 0.1) is 13.8 Å². The zero-order valence-electron chi connectivity index (χ0n) is 11.8. The number of nitrogen functional groups attached to an aromatic ring is 2. The summed E-state index contributed by atoms with van der Waals surface area (Å²) in [5, 5.41) is 3.88. The van der Waals surface area contributed by atoms with Gasteiger partial charge in [0.2, 0.25) is 0 Å². The minimum atomic E-state index is -0.149. The summed E-state index contributed by atoms with van der Waals surface area (Å²) in [6, 6.07) is 4.84. The quantitative estimate of drug-likeness (QED) is 0.830. The maximum absolute atomic E-state index is 12.4. The molecule has 0 aliphatic heterocycles. The summed E-state index contributed by atoms with van der Waals surface area (Å²) in [6.07, 6.45) is 0. The highest BCUT2D eigenvalue weighted by Gasteiger charge is 2.17. The molecule has 1 aromatic carbocycles. The molecule has 106 valence electrons. The number of aromatic nitrogens is 1. The fraction of sp³-hybridized carbons (Fsp3) is 0.286. The number of aryl methyl sites for hydroxylation is 2. The van der Waals surface area contributed by atoms with E-state index in [1.54, 1.807) is 30.1 Å². The second-order valence-corrected chi connectivity index (χ2v) is 4.85. The average Bonchev–Trinajstić information content (AvgIpc) is 2.68. The lowest BCUT2D eigenvalue weighted by Crippen LogP contribution is -2.26. The number of nitrogens with two attached hydrogens (primary N) is 2. The first kappa shape index (κ1) is 13.9. The normalized spacial score (nSPS) is 10.6. The number of anilines is 2. The van der Waals surface area contributed by atoms with Gasteiger partial charge in [0.25, 0.3) is 5.91 Å². The van der Waals surface area contributed by atoms with Crippen molar-refractivity contribution in [1.82, 2.24) is 10.1 Å². The first-order chi connectivity index (χ1) is 9.38. The second-order valence-electron chi connectivity index (χ2n) is 4.85. The third-order valence-electron chi connectivity index (χ3n) is 3.15. The van der Waals surface area contributed by atoms with Crippen LogP contribution in [0.1, 0.15) is 27.4 Å². The second kappa shape index (κ2) is 5.24. The molecule has 0 spiro atoms. The molecule has 0 saturated heterocycles. The molecule has 2 aromatic rings. The Morgan fingerprint density at radius 1 is 1.25 bits per heavy atom. The molecule has 0 saturated carbocycles. The van der Waals surface area contributed by atoms with Crippen LogP contribution in [-0.4, -0.2) is 23.0 Å². The number of nitrogens with zero attached hydrogens (tertiary/aromatic N) is 2. The first-order valence-electron chi connectivity index (χ1n) is 6.21. The van der Waals surface area contributed by atoms with Gasteiger partial charge in [0.05, 0.1) is 12.2 Å². The number of carbonyl (C=O) groups excluding carboxylic acids is 1. The molecule has 1 amide bonds. The molecule has 0 aliphatic rings. The molecular formula is C14H18N4O2. The Bertz CT molecular complexity index is 609. The molecule has 6 heteroatoms. The zero-order chi connectivity index (χ0) is 14.9. The molecule has 0 fully saturated rings. The van der Waals surface area contributed by atoms with Crippen molar-refractivity contribution in [3.63, 3.8) is 0 Å². The van der Waals surface area contributed by atoms with Crippen LogP contribution in [0.25, 0.3) is 0 Å². The Morgan fingerprint density at radius 3 is 2.35 bits per heavy atom. The number of carbonyl (C=O) groups is 1. The zero-order valence-corrected chi connectivity index (χ0v) is 11.8. The van der Waals surface area contributed by atoms with Gasteiger partial charge in [0, 0.05) is 29.5 Å². The summed E-state index contributed by atoms with van der Waals surface area (Å²) in [4.78, 5) is 13.9. The monoisotopic (exact) mass is 274 g/mol. The predicted molar refractivity (Wildman–Crippen MR) is 77.0 cm³/mol. The van der Waals surface area contributed by atoms with Crippen LogP contribution in [0.5, 0.6) is 0 Å². The van der Waals surface area contributed by atoms with E-state index in [9.17, 15) is 4.79 Å². The minimum absolute atomic E-state index is 0.149. The van der Waals surface area contributed by atoms with E-state index in [0.717, 1.165) is 11.3 Å². The van der Waals surface area contributed by atoms with Gasteiger partial charge in [0.15, 0.2) is 0 Å². The smallest absolute Gasteiger partial charge is 0.254 e. The van der Waals surface area contributed by atoms with Crippen molar-refractivity contribution in [3.8, 4) is 0 Å². The lowest BCUT2D eigenvalue weighted by Gasteiger charge is -2.17. The van der Waals surface area contributed by atoms with E-state index in [2.05, 4.69) is 5.16 Å². The number of hydrogen-bond acceptors (Lipinski definition) is 5. The number of rotatable bonds is 3. The van der Waals surface area contributed by atoms with Gasteiger partial charge in [-0.2, -0.15) is 0 Å². The van der Waals surface area contributed by atoms with Crippen LogP contribution in [0.2, 0.25) is 0 Å². The molecule has 1 aromatic heterocycles. The maximum Gasteiger partial charge on any atom is 0.254 e. The van der Waals surface area contributed by atoms with Crippen molar-refractivity contribution in [2.75, 3.05) is 18.5 Å². The van der Waals surface area contributed by atoms with Gasteiger partial charge < -0.3 is 20.9 Å². The molecule has 20 heavy (non-hydrogen) atoms. The van der Waals surface area contributed by atoms with E-state index < -0.39 is 0 Å². The Labute approximate surface area is 117 Å². The van der Waals surface area contributed by atoms with Crippen LogP contribution < -0.4 is 11.5 Å². The Hall–Kier alpha value is -2.50. The molecule has 0 radical (unpaired) electrons. The van der Waals surface area contributed by atoms with Crippen LogP contribution in [0.3, 0.4) is 0 Å². The van der Waals surface area contributed by atoms with Crippen LogP contribution >= 0.6 is 0 Å². The third-order valence-corrected chi connectivity index (χ3v) is 3.15. The molecule has 6 nitrogen and oxygen atoms in total. The van der Waals surface area contributed by atoms with Crippen LogP contribution in [0.4, 0.5) is 11.4 Å². The van der Waals surface area contributed by atoms with E-state index >= 15 is 0 Å². The number of benzene rings is 1. The average molecular weight is 274 g/mol. The summed E-state index contributed by atoms with van der Waals surface area (Å²) in [7, 11) is 1.72. The first-order valence-corrected chi connectivity index (χ1v) is 6.21. The lowest BCUT2D eigenvalue weighted by atomic mass is 10.1. The Balaban J connectivity index is 2.20. The Kier molecular flexibility index (Phi) is 3.65. The number of amides is 1. The van der Waals surface area contributed by atoms with Crippen molar-refractivity contribution in [1.29, 1.82) is 0 Å². The van der Waals surface area contributed by atoms with Crippen LogP contribution in [-0.2, 0) is 6.54 Å². The fourth-order valence-corrected chi connectivity index (χ4v) is 2.06. The minimum Gasteiger partial charge on any atom is -0.399 e. The highest BCUT2D eigenvalue weighted by molar-refractivity contribution is 5.96. The summed E-state index contributed by atoms with van der Waals surface area (Å²) in [5.41, 5.74) is 14.5. The van der Waals surface area contributed by atoms with Gasteiger partial charge in [-0.15, -0.1) is 0 Å². The van der Waals surface area contributed by atoms with Gasteiger partial charge in [-0.05, 0) is 32.0 Å². The number of hydrogen-bond donors (Lipinski definition) is 2. The fourth-order valence-electron chi connectivity index (χ4n) is 2.06. The van der Waals surface area contributed by atoms with Crippen molar-refractivity contribution in [3.05, 3.63) is 40.8 Å². The molecular weight excluding hydrogens is 256 g/mol. The van der Waals surface area contributed by atoms with E-state index in [1.165, 1.54) is 0 Å². The van der Waals surface area contributed by atoms with E-state index in [4.69, 9.17) is 16.0 Å². The topological polar surface area (TPSA) is 98.4 Å². The van der Waals surface area contributed by atoms with E-state index in [1.807, 2.05) is 13.8 Å². The maximum atomic E-state index is 12.4. The highest BCUT2D eigenvalue weighted by atomic mass is 16.5.